The molecule has 2 N–H and O–H groups in total. The van der Waals surface area contributed by atoms with Crippen LogP contribution in [0.2, 0.25) is 0 Å². The van der Waals surface area contributed by atoms with Gasteiger partial charge in [-0.25, -0.2) is 4.98 Å². The molecule has 2 heterocycles. The maximum Gasteiger partial charge on any atom is 0.308 e. The molecule has 0 unspecified atom stereocenters. The number of aromatic nitrogens is 1. The van der Waals surface area contributed by atoms with Crippen LogP contribution in [0.1, 0.15) is 31.7 Å². The van der Waals surface area contributed by atoms with Gasteiger partial charge in [-0.3, -0.25) is 14.6 Å². The van der Waals surface area contributed by atoms with E-state index in [0.29, 0.717) is 12.4 Å². The van der Waals surface area contributed by atoms with E-state index in [1.165, 1.54) is 7.11 Å². The Morgan fingerprint density at radius 2 is 2.04 bits per heavy atom. The molecule has 0 bridgehead atoms. The summed E-state index contributed by atoms with van der Waals surface area (Å²) in [5.41, 5.74) is 1.05. The fourth-order valence-corrected chi connectivity index (χ4v) is 2.93. The molecule has 156 valence electrons. The van der Waals surface area contributed by atoms with Gasteiger partial charge in [-0.2, -0.15) is 0 Å². The summed E-state index contributed by atoms with van der Waals surface area (Å²) in [6.45, 7) is 6.57. The number of ether oxygens (including phenoxy) is 1. The zero-order chi connectivity index (χ0) is 19.6. The molecule has 0 spiro atoms. The highest BCUT2D eigenvalue weighted by atomic mass is 127. The Balaban J connectivity index is 0.00000392. The van der Waals surface area contributed by atoms with Crippen molar-refractivity contribution in [2.75, 3.05) is 38.6 Å². The number of amides is 1. The number of likely N-dealkylation sites (tertiary alicyclic amines) is 1. The Morgan fingerprint density at radius 1 is 1.32 bits per heavy atom. The van der Waals surface area contributed by atoms with Crippen LogP contribution in [0.5, 0.6) is 0 Å². The molecule has 0 aromatic carbocycles. The van der Waals surface area contributed by atoms with E-state index in [1.807, 2.05) is 19.9 Å². The number of esters is 1. The van der Waals surface area contributed by atoms with Crippen molar-refractivity contribution in [3.8, 4) is 0 Å². The summed E-state index contributed by atoms with van der Waals surface area (Å²) in [6.07, 6.45) is 3.49. The van der Waals surface area contributed by atoms with Crippen LogP contribution in [0.4, 0.5) is 5.82 Å². The van der Waals surface area contributed by atoms with Crippen LogP contribution in [-0.4, -0.2) is 61.0 Å². The van der Waals surface area contributed by atoms with Crippen LogP contribution in [-0.2, 0) is 14.3 Å². The van der Waals surface area contributed by atoms with Crippen molar-refractivity contribution in [2.24, 2.45) is 10.9 Å². The zero-order valence-electron chi connectivity index (χ0n) is 16.7. The molecular formula is C19H30IN5O3. The van der Waals surface area contributed by atoms with Gasteiger partial charge < -0.3 is 20.3 Å². The molecule has 1 aliphatic heterocycles. The SMILES string of the molecule is CCNC(=NCCC(=O)Nc1ccc(C)cn1)N1CCC(C(=O)OC)CC1.I. The minimum Gasteiger partial charge on any atom is -0.469 e. The molecule has 1 amide bonds. The number of nitrogens with one attached hydrogen (secondary N) is 2. The molecule has 0 aliphatic carbocycles. The number of nitrogens with zero attached hydrogens (tertiary/aromatic N) is 3. The Hall–Kier alpha value is -1.91. The predicted molar refractivity (Wildman–Crippen MR) is 120 cm³/mol. The first-order valence-corrected chi connectivity index (χ1v) is 9.37. The number of aliphatic imine (C=N–C) groups is 1. The van der Waals surface area contributed by atoms with Crippen molar-refractivity contribution >= 4 is 47.6 Å². The fraction of sp³-hybridized carbons (Fsp3) is 0.579. The first-order valence-electron chi connectivity index (χ1n) is 9.37. The van der Waals surface area contributed by atoms with Gasteiger partial charge in [0.15, 0.2) is 5.96 Å². The lowest BCUT2D eigenvalue weighted by Gasteiger charge is -2.33. The number of guanidine groups is 1. The Kier molecular flexibility index (Phi) is 10.8. The van der Waals surface area contributed by atoms with Crippen molar-refractivity contribution in [3.05, 3.63) is 23.9 Å². The third-order valence-electron chi connectivity index (χ3n) is 4.44. The molecule has 0 saturated carbocycles. The van der Waals surface area contributed by atoms with Crippen LogP contribution in [0, 0.1) is 12.8 Å². The molecule has 0 radical (unpaired) electrons. The highest BCUT2D eigenvalue weighted by Gasteiger charge is 2.26. The molecule has 1 aromatic rings. The quantitative estimate of drug-likeness (QED) is 0.268. The molecule has 1 aliphatic rings. The topological polar surface area (TPSA) is 95.9 Å². The minimum absolute atomic E-state index is 0. The number of aryl methyl sites for hydroxylation is 1. The van der Waals surface area contributed by atoms with Gasteiger partial charge in [0.25, 0.3) is 0 Å². The molecule has 1 aromatic heterocycles. The smallest absolute Gasteiger partial charge is 0.308 e. The Labute approximate surface area is 183 Å². The first-order chi connectivity index (χ1) is 13.0. The number of rotatable bonds is 6. The number of carbonyl (C=O) groups excluding carboxylic acids is 2. The van der Waals surface area contributed by atoms with Crippen LogP contribution >= 0.6 is 24.0 Å². The number of hydrogen-bond acceptors (Lipinski definition) is 5. The van der Waals surface area contributed by atoms with Gasteiger partial charge in [0, 0.05) is 32.3 Å². The maximum absolute atomic E-state index is 12.1. The summed E-state index contributed by atoms with van der Waals surface area (Å²) >= 11 is 0. The van der Waals surface area contributed by atoms with Crippen molar-refractivity contribution in [1.29, 1.82) is 0 Å². The second-order valence-corrected chi connectivity index (χ2v) is 6.54. The van der Waals surface area contributed by atoms with Gasteiger partial charge in [0.1, 0.15) is 5.82 Å². The van der Waals surface area contributed by atoms with Crippen molar-refractivity contribution in [2.45, 2.75) is 33.1 Å². The van der Waals surface area contributed by atoms with E-state index in [9.17, 15) is 9.59 Å². The van der Waals surface area contributed by atoms with Gasteiger partial charge in [-0.15, -0.1) is 24.0 Å². The number of anilines is 1. The van der Waals surface area contributed by atoms with E-state index >= 15 is 0 Å². The molecular weight excluding hydrogens is 473 g/mol. The molecule has 1 fully saturated rings. The lowest BCUT2D eigenvalue weighted by atomic mass is 9.97. The van der Waals surface area contributed by atoms with Gasteiger partial charge >= 0.3 is 5.97 Å². The lowest BCUT2D eigenvalue weighted by molar-refractivity contribution is -0.146. The minimum atomic E-state index is -0.141. The van der Waals surface area contributed by atoms with E-state index in [1.54, 1.807) is 12.3 Å². The predicted octanol–water partition coefficient (Wildman–Crippen LogP) is 2.19. The van der Waals surface area contributed by atoms with Crippen LogP contribution in [0.25, 0.3) is 0 Å². The number of hydrogen-bond donors (Lipinski definition) is 2. The summed E-state index contributed by atoms with van der Waals surface area (Å²) < 4.78 is 4.83. The number of halogens is 1. The monoisotopic (exact) mass is 503 g/mol. The van der Waals surface area contributed by atoms with Crippen molar-refractivity contribution in [1.82, 2.24) is 15.2 Å². The normalized spacial score (nSPS) is 14.8. The molecule has 0 atom stereocenters. The highest BCUT2D eigenvalue weighted by Crippen LogP contribution is 2.18. The zero-order valence-corrected chi connectivity index (χ0v) is 19.1. The number of methoxy groups -OCH3 is 1. The summed E-state index contributed by atoms with van der Waals surface area (Å²) in [4.78, 5) is 34.6. The average Bonchev–Trinajstić information content (AvgIpc) is 2.68. The fourth-order valence-electron chi connectivity index (χ4n) is 2.93. The van der Waals surface area contributed by atoms with Crippen molar-refractivity contribution < 1.29 is 14.3 Å². The maximum atomic E-state index is 12.1. The molecule has 9 heteroatoms. The Morgan fingerprint density at radius 3 is 2.61 bits per heavy atom. The largest absolute Gasteiger partial charge is 0.469 e. The summed E-state index contributed by atoms with van der Waals surface area (Å²) in [5, 5.41) is 6.03. The van der Waals surface area contributed by atoms with E-state index < -0.39 is 0 Å². The number of piperidine rings is 1. The highest BCUT2D eigenvalue weighted by molar-refractivity contribution is 14.0. The number of carbonyl (C=O) groups is 2. The molecule has 2 rings (SSSR count). The third-order valence-corrected chi connectivity index (χ3v) is 4.44. The van der Waals surface area contributed by atoms with Crippen LogP contribution in [0.3, 0.4) is 0 Å². The second-order valence-electron chi connectivity index (χ2n) is 6.54. The van der Waals surface area contributed by atoms with E-state index in [4.69, 9.17) is 4.74 Å². The lowest BCUT2D eigenvalue weighted by Crippen LogP contribution is -2.46. The van der Waals surface area contributed by atoms with Crippen molar-refractivity contribution in [3.63, 3.8) is 0 Å². The molecule has 8 nitrogen and oxygen atoms in total. The molecule has 28 heavy (non-hydrogen) atoms. The summed E-state index contributed by atoms with van der Waals surface area (Å²) in [6, 6.07) is 3.69. The van der Waals surface area contributed by atoms with E-state index in [0.717, 1.165) is 44.0 Å². The molecule has 1 saturated heterocycles. The first kappa shape index (κ1) is 24.1. The van der Waals surface area contributed by atoms with Gasteiger partial charge in [-0.1, -0.05) is 6.07 Å². The Bertz CT molecular complexity index is 658. The van der Waals surface area contributed by atoms with Gasteiger partial charge in [0.05, 0.1) is 19.6 Å². The number of pyridine rings is 1. The second kappa shape index (κ2) is 12.5. The van der Waals surface area contributed by atoms with Gasteiger partial charge in [0.2, 0.25) is 5.91 Å². The van der Waals surface area contributed by atoms with E-state index in [2.05, 4.69) is 25.5 Å². The summed E-state index contributed by atoms with van der Waals surface area (Å²) in [5.74, 6) is 1.03. The van der Waals surface area contributed by atoms with Crippen LogP contribution < -0.4 is 10.6 Å². The third kappa shape index (κ3) is 7.61. The van der Waals surface area contributed by atoms with Crippen LogP contribution in [0.15, 0.2) is 23.3 Å². The standard InChI is InChI=1S/C19H29N5O3.HI/c1-4-20-19(24-11-8-15(9-12-24)18(26)27-3)21-10-7-17(25)23-16-6-5-14(2)13-22-16;/h5-6,13,15H,4,7-12H2,1-3H3,(H,20,21)(H,22,23,25);1H. The van der Waals surface area contributed by atoms with E-state index in [-0.39, 0.29) is 48.2 Å². The summed E-state index contributed by atoms with van der Waals surface area (Å²) in [7, 11) is 1.43. The average molecular weight is 503 g/mol. The van der Waals surface area contributed by atoms with Gasteiger partial charge in [-0.05, 0) is 38.3 Å².